The van der Waals surface area contributed by atoms with Crippen LogP contribution in [-0.4, -0.2) is 62.6 Å². The summed E-state index contributed by atoms with van der Waals surface area (Å²) in [7, 11) is 1.91. The Balaban J connectivity index is 1.46. The normalized spacial score (nSPS) is 18.5. The molecule has 32 heavy (non-hydrogen) atoms. The molecule has 3 aromatic heterocycles. The number of likely N-dealkylation sites (N-methyl/N-ethyl adjacent to an activating group) is 1. The van der Waals surface area contributed by atoms with Gasteiger partial charge >= 0.3 is 0 Å². The topological polar surface area (TPSA) is 92.0 Å². The van der Waals surface area contributed by atoms with Crippen LogP contribution in [0, 0.1) is 11.7 Å². The van der Waals surface area contributed by atoms with Crippen molar-refractivity contribution in [2.75, 3.05) is 31.6 Å². The van der Waals surface area contributed by atoms with E-state index in [1.165, 1.54) is 6.07 Å². The van der Waals surface area contributed by atoms with E-state index in [0.717, 1.165) is 24.2 Å². The molecule has 0 bridgehead atoms. The van der Waals surface area contributed by atoms with Crippen molar-refractivity contribution >= 4 is 16.7 Å². The molecule has 0 spiro atoms. The number of aliphatic hydroxyl groups is 1. The second-order valence-electron chi connectivity index (χ2n) is 7.98. The lowest BCUT2D eigenvalue weighted by molar-refractivity contribution is 0.219. The van der Waals surface area contributed by atoms with Crippen molar-refractivity contribution in [3.05, 3.63) is 66.4 Å². The van der Waals surface area contributed by atoms with Crippen LogP contribution in [0.25, 0.3) is 22.6 Å². The van der Waals surface area contributed by atoms with Crippen molar-refractivity contribution in [1.82, 2.24) is 30.0 Å². The van der Waals surface area contributed by atoms with E-state index in [1.807, 2.05) is 19.2 Å². The van der Waals surface area contributed by atoms with Gasteiger partial charge in [0.2, 0.25) is 0 Å². The van der Waals surface area contributed by atoms with Crippen LogP contribution in [0.5, 0.6) is 0 Å². The molecule has 5 rings (SSSR count). The number of hydrogen-bond donors (Lipinski definition) is 2. The summed E-state index contributed by atoms with van der Waals surface area (Å²) >= 11 is 0. The molecular formula is C23H24FN7O. The Labute approximate surface area is 184 Å². The van der Waals surface area contributed by atoms with E-state index in [9.17, 15) is 9.50 Å². The Morgan fingerprint density at radius 1 is 1.09 bits per heavy atom. The molecule has 1 fully saturated rings. The van der Waals surface area contributed by atoms with Crippen molar-refractivity contribution in [1.29, 1.82) is 0 Å². The third-order valence-electron chi connectivity index (χ3n) is 6.05. The van der Waals surface area contributed by atoms with Crippen LogP contribution in [0.4, 0.5) is 10.1 Å². The zero-order chi connectivity index (χ0) is 22.1. The smallest absolute Gasteiger partial charge is 0.180 e. The fourth-order valence-electron chi connectivity index (χ4n) is 4.27. The van der Waals surface area contributed by atoms with Gasteiger partial charge in [0.05, 0.1) is 30.0 Å². The fraction of sp³-hybridized carbons (Fsp3) is 0.304. The lowest BCUT2D eigenvalue weighted by Gasteiger charge is -2.17. The molecule has 0 radical (unpaired) electrons. The Bertz CT molecular complexity index is 1210. The number of aliphatic hydroxyl groups excluding tert-OH is 1. The minimum atomic E-state index is -0.277. The van der Waals surface area contributed by atoms with Gasteiger partial charge in [-0.25, -0.2) is 24.0 Å². The zero-order valence-corrected chi connectivity index (χ0v) is 17.7. The van der Waals surface area contributed by atoms with Crippen LogP contribution >= 0.6 is 0 Å². The summed E-state index contributed by atoms with van der Waals surface area (Å²) in [5.41, 5.74) is 2.70. The van der Waals surface area contributed by atoms with Gasteiger partial charge in [-0.15, -0.1) is 0 Å². The van der Waals surface area contributed by atoms with Crippen molar-refractivity contribution < 1.29 is 9.50 Å². The lowest BCUT2D eigenvalue weighted by atomic mass is 10.1. The number of halogens is 1. The molecule has 4 aromatic rings. The number of rotatable bonds is 6. The second-order valence-corrected chi connectivity index (χ2v) is 7.98. The highest BCUT2D eigenvalue weighted by molar-refractivity contribution is 5.89. The summed E-state index contributed by atoms with van der Waals surface area (Å²) in [5, 5.41) is 18.4. The van der Waals surface area contributed by atoms with Crippen LogP contribution in [-0.2, 0) is 6.54 Å². The molecule has 8 nitrogen and oxygen atoms in total. The van der Waals surface area contributed by atoms with Crippen LogP contribution in [0.3, 0.4) is 0 Å². The van der Waals surface area contributed by atoms with E-state index in [0.29, 0.717) is 22.7 Å². The van der Waals surface area contributed by atoms with E-state index in [1.54, 1.807) is 41.5 Å². The number of pyridine rings is 1. The lowest BCUT2D eigenvalue weighted by Crippen LogP contribution is -2.34. The van der Waals surface area contributed by atoms with Gasteiger partial charge in [-0.1, -0.05) is 18.2 Å². The van der Waals surface area contributed by atoms with Gasteiger partial charge in [0, 0.05) is 43.4 Å². The molecule has 0 aliphatic carbocycles. The van der Waals surface area contributed by atoms with Gasteiger partial charge in [0.15, 0.2) is 11.5 Å². The number of fused-ring (bicyclic) bond motifs is 1. The first-order valence-electron chi connectivity index (χ1n) is 10.6. The van der Waals surface area contributed by atoms with Crippen LogP contribution in [0.1, 0.15) is 5.56 Å². The third-order valence-corrected chi connectivity index (χ3v) is 6.05. The second kappa shape index (κ2) is 8.60. The summed E-state index contributed by atoms with van der Waals surface area (Å²) in [5.74, 6) is 0.381. The van der Waals surface area contributed by atoms with Crippen LogP contribution < -0.4 is 10.2 Å². The van der Waals surface area contributed by atoms with Gasteiger partial charge < -0.3 is 15.3 Å². The van der Waals surface area contributed by atoms with Crippen LogP contribution in [0.2, 0.25) is 0 Å². The van der Waals surface area contributed by atoms with Crippen molar-refractivity contribution in [3.63, 3.8) is 0 Å². The number of hydrogen-bond acceptors (Lipinski definition) is 7. The standard InChI is InChI=1S/C23H24FN7O/c1-25-20-13-30(11-16(20)14-32)17-9-27-22(28-10-17)21-18-6-4-8-26-23(18)31(29-21)12-15-5-2-3-7-19(15)24/h2-10,16,20,25,32H,11-14H2,1H3. The highest BCUT2D eigenvalue weighted by atomic mass is 19.1. The monoisotopic (exact) mass is 433 g/mol. The number of aromatic nitrogens is 5. The van der Waals surface area contributed by atoms with Crippen molar-refractivity contribution in [2.24, 2.45) is 5.92 Å². The number of benzene rings is 1. The molecule has 164 valence electrons. The van der Waals surface area contributed by atoms with Gasteiger partial charge in [0.1, 0.15) is 11.5 Å². The van der Waals surface area contributed by atoms with Crippen molar-refractivity contribution in [3.8, 4) is 11.5 Å². The number of nitrogens with one attached hydrogen (secondary N) is 1. The minimum Gasteiger partial charge on any atom is -0.396 e. The summed E-state index contributed by atoms with van der Waals surface area (Å²) < 4.78 is 15.9. The van der Waals surface area contributed by atoms with Crippen molar-refractivity contribution in [2.45, 2.75) is 12.6 Å². The molecule has 4 heterocycles. The first-order valence-corrected chi connectivity index (χ1v) is 10.6. The largest absolute Gasteiger partial charge is 0.396 e. The predicted octanol–water partition coefficient (Wildman–Crippen LogP) is 2.09. The summed E-state index contributed by atoms with van der Waals surface area (Å²) in [6, 6.07) is 10.6. The summed E-state index contributed by atoms with van der Waals surface area (Å²) in [6.07, 6.45) is 5.26. The van der Waals surface area contributed by atoms with Crippen LogP contribution in [0.15, 0.2) is 55.0 Å². The minimum absolute atomic E-state index is 0.138. The highest BCUT2D eigenvalue weighted by Crippen LogP contribution is 2.27. The molecule has 0 amide bonds. The van der Waals surface area contributed by atoms with E-state index in [-0.39, 0.29) is 30.9 Å². The Kier molecular flexibility index (Phi) is 5.50. The Morgan fingerprint density at radius 2 is 1.91 bits per heavy atom. The van der Waals surface area contributed by atoms with E-state index < -0.39 is 0 Å². The quantitative estimate of drug-likeness (QED) is 0.481. The molecule has 2 atom stereocenters. The van der Waals surface area contributed by atoms with Gasteiger partial charge in [-0.05, 0) is 25.2 Å². The summed E-state index contributed by atoms with van der Waals surface area (Å²) in [4.78, 5) is 15.8. The maximum absolute atomic E-state index is 14.2. The highest BCUT2D eigenvalue weighted by Gasteiger charge is 2.31. The maximum Gasteiger partial charge on any atom is 0.180 e. The molecular weight excluding hydrogens is 409 g/mol. The number of nitrogens with zero attached hydrogens (tertiary/aromatic N) is 6. The predicted molar refractivity (Wildman–Crippen MR) is 120 cm³/mol. The van der Waals surface area contributed by atoms with E-state index in [2.05, 4.69) is 30.3 Å². The molecule has 1 aliphatic rings. The van der Waals surface area contributed by atoms with Gasteiger partial charge in [-0.3, -0.25) is 0 Å². The Morgan fingerprint density at radius 3 is 2.62 bits per heavy atom. The SMILES string of the molecule is CNC1CN(c2cnc(-c3nn(Cc4ccccc4F)c4ncccc34)nc2)CC1CO. The first-order chi connectivity index (χ1) is 15.7. The fourth-order valence-corrected chi connectivity index (χ4v) is 4.27. The molecule has 1 aliphatic heterocycles. The first kappa shape index (κ1) is 20.5. The average Bonchev–Trinajstić information content (AvgIpc) is 3.42. The zero-order valence-electron chi connectivity index (χ0n) is 17.7. The van der Waals surface area contributed by atoms with Gasteiger partial charge in [0.25, 0.3) is 0 Å². The molecule has 9 heteroatoms. The average molecular weight is 433 g/mol. The Hall–Kier alpha value is -3.43. The molecule has 2 unspecified atom stereocenters. The van der Waals surface area contributed by atoms with E-state index >= 15 is 0 Å². The number of anilines is 1. The molecule has 2 N–H and O–H groups in total. The molecule has 1 aromatic carbocycles. The van der Waals surface area contributed by atoms with Gasteiger partial charge in [-0.2, -0.15) is 5.10 Å². The molecule has 1 saturated heterocycles. The third kappa shape index (κ3) is 3.69. The maximum atomic E-state index is 14.2. The van der Waals surface area contributed by atoms with E-state index in [4.69, 9.17) is 0 Å². The summed E-state index contributed by atoms with van der Waals surface area (Å²) in [6.45, 7) is 1.93. The molecule has 0 saturated carbocycles.